The number of aromatic amines is 2. The maximum Gasteiger partial charge on any atom is 0.270 e. The zero-order valence-electron chi connectivity index (χ0n) is 13.2. The molecule has 24 heavy (non-hydrogen) atoms. The number of hydrogen-bond donors (Lipinski definition) is 2. The van der Waals surface area contributed by atoms with Gasteiger partial charge in [-0.25, -0.2) is 9.37 Å². The second-order valence-corrected chi connectivity index (χ2v) is 5.41. The molecule has 0 saturated heterocycles. The molecule has 0 saturated carbocycles. The molecule has 3 aromatic rings. The number of imidazole rings is 1. The molecule has 3 rings (SSSR count). The lowest BCUT2D eigenvalue weighted by atomic mass is 10.3. The number of aromatic nitrogens is 3. The van der Waals surface area contributed by atoms with Crippen LogP contribution in [0.2, 0.25) is 0 Å². The summed E-state index contributed by atoms with van der Waals surface area (Å²) in [6.45, 7) is 2.81. The zero-order chi connectivity index (χ0) is 17.1. The van der Waals surface area contributed by atoms with Gasteiger partial charge in [-0.3, -0.25) is 9.59 Å². The van der Waals surface area contributed by atoms with Crippen molar-refractivity contribution in [3.05, 3.63) is 64.1 Å². The lowest BCUT2D eigenvalue weighted by molar-refractivity contribution is 0.0759. The molecule has 1 aromatic carbocycles. The summed E-state index contributed by atoms with van der Waals surface area (Å²) in [5.74, 6) is 0.122. The number of hydrogen-bond acceptors (Lipinski definition) is 3. The number of carbonyl (C=O) groups excluding carboxylic acids is 1. The van der Waals surface area contributed by atoms with Crippen LogP contribution in [0.3, 0.4) is 0 Å². The summed E-state index contributed by atoms with van der Waals surface area (Å²) in [6, 6.07) is 8.86. The van der Waals surface area contributed by atoms with Gasteiger partial charge in [0, 0.05) is 25.6 Å². The molecule has 0 aliphatic heterocycles. The third-order valence-electron chi connectivity index (χ3n) is 3.78. The van der Waals surface area contributed by atoms with Gasteiger partial charge in [-0.2, -0.15) is 0 Å². The van der Waals surface area contributed by atoms with Crippen molar-refractivity contribution in [1.29, 1.82) is 0 Å². The van der Waals surface area contributed by atoms with Crippen LogP contribution in [0, 0.1) is 5.82 Å². The molecule has 0 fully saturated rings. The van der Waals surface area contributed by atoms with E-state index in [1.807, 2.05) is 6.92 Å². The van der Waals surface area contributed by atoms with Crippen LogP contribution in [-0.4, -0.2) is 38.8 Å². The minimum Gasteiger partial charge on any atom is -0.342 e. The molecule has 2 N–H and O–H groups in total. The van der Waals surface area contributed by atoms with Crippen LogP contribution < -0.4 is 5.56 Å². The normalized spacial score (nSPS) is 10.9. The topological polar surface area (TPSA) is 81.8 Å². The summed E-state index contributed by atoms with van der Waals surface area (Å²) in [5, 5.41) is 0. The first-order valence-corrected chi connectivity index (χ1v) is 7.69. The van der Waals surface area contributed by atoms with Gasteiger partial charge in [-0.15, -0.1) is 0 Å². The molecular weight excluding hydrogens is 311 g/mol. The van der Waals surface area contributed by atoms with E-state index in [1.54, 1.807) is 23.1 Å². The Hall–Kier alpha value is -2.96. The number of rotatable bonds is 5. The number of pyridine rings is 1. The lowest BCUT2D eigenvalue weighted by Gasteiger charge is -2.20. The molecule has 2 heterocycles. The number of benzene rings is 1. The molecule has 0 unspecified atom stereocenters. The molecule has 0 aliphatic rings. The molecule has 0 atom stereocenters. The van der Waals surface area contributed by atoms with E-state index in [9.17, 15) is 14.0 Å². The van der Waals surface area contributed by atoms with E-state index in [2.05, 4.69) is 15.0 Å². The predicted molar refractivity (Wildman–Crippen MR) is 88.4 cm³/mol. The Kier molecular flexibility index (Phi) is 4.41. The summed E-state index contributed by atoms with van der Waals surface area (Å²) in [6.07, 6.45) is 0.507. The fourth-order valence-electron chi connectivity index (χ4n) is 2.54. The quantitative estimate of drug-likeness (QED) is 0.752. The van der Waals surface area contributed by atoms with E-state index >= 15 is 0 Å². The highest BCUT2D eigenvalue weighted by atomic mass is 19.1. The van der Waals surface area contributed by atoms with Gasteiger partial charge < -0.3 is 14.9 Å². The van der Waals surface area contributed by atoms with Gasteiger partial charge in [0.2, 0.25) is 5.56 Å². The number of nitrogens with zero attached hydrogens (tertiary/aromatic N) is 2. The minimum absolute atomic E-state index is 0.239. The van der Waals surface area contributed by atoms with Crippen molar-refractivity contribution in [2.24, 2.45) is 0 Å². The minimum atomic E-state index is -0.323. The van der Waals surface area contributed by atoms with Crippen LogP contribution >= 0.6 is 0 Å². The highest BCUT2D eigenvalue weighted by molar-refractivity contribution is 5.92. The number of amides is 1. The molecule has 6 nitrogen and oxygen atoms in total. The van der Waals surface area contributed by atoms with Gasteiger partial charge in [0.05, 0.1) is 11.0 Å². The first kappa shape index (κ1) is 15.9. The molecule has 124 valence electrons. The molecule has 0 bridgehead atoms. The van der Waals surface area contributed by atoms with Crippen molar-refractivity contribution in [3.8, 4) is 0 Å². The largest absolute Gasteiger partial charge is 0.342 e. The number of halogens is 1. The second kappa shape index (κ2) is 6.66. The number of H-pyrrole nitrogens is 2. The van der Waals surface area contributed by atoms with E-state index in [0.29, 0.717) is 36.4 Å². The lowest BCUT2D eigenvalue weighted by Crippen LogP contribution is -2.34. The standard InChI is InChI=1S/C17H17FN4O2/c1-2-22(17(24)13-4-3-5-16(23)21-13)9-8-15-19-12-7-6-11(18)10-14(12)20-15/h3-7,10H,2,8-9H2,1H3,(H,19,20)(H,21,23). The van der Waals surface area contributed by atoms with Crippen molar-refractivity contribution in [3.63, 3.8) is 0 Å². The highest BCUT2D eigenvalue weighted by Gasteiger charge is 2.15. The average molecular weight is 328 g/mol. The number of nitrogens with one attached hydrogen (secondary N) is 2. The zero-order valence-corrected chi connectivity index (χ0v) is 13.2. The Morgan fingerprint density at radius 3 is 2.83 bits per heavy atom. The van der Waals surface area contributed by atoms with Crippen molar-refractivity contribution >= 4 is 16.9 Å². The van der Waals surface area contributed by atoms with E-state index in [0.717, 1.165) is 0 Å². The molecule has 0 radical (unpaired) electrons. The summed E-state index contributed by atoms with van der Waals surface area (Å²) in [7, 11) is 0. The highest BCUT2D eigenvalue weighted by Crippen LogP contribution is 2.13. The van der Waals surface area contributed by atoms with Crippen molar-refractivity contribution in [2.45, 2.75) is 13.3 Å². The van der Waals surface area contributed by atoms with Gasteiger partial charge in [-0.1, -0.05) is 6.07 Å². The fourth-order valence-corrected chi connectivity index (χ4v) is 2.54. The van der Waals surface area contributed by atoms with Crippen molar-refractivity contribution < 1.29 is 9.18 Å². The van der Waals surface area contributed by atoms with Crippen molar-refractivity contribution in [1.82, 2.24) is 19.9 Å². The van der Waals surface area contributed by atoms with Crippen LogP contribution in [0.1, 0.15) is 23.2 Å². The molecule has 2 aromatic heterocycles. The Morgan fingerprint density at radius 1 is 1.25 bits per heavy atom. The van der Waals surface area contributed by atoms with Gasteiger partial charge in [-0.05, 0) is 31.2 Å². The first-order chi connectivity index (χ1) is 11.6. The van der Waals surface area contributed by atoms with Crippen LogP contribution in [0.4, 0.5) is 4.39 Å². The smallest absolute Gasteiger partial charge is 0.270 e. The van der Waals surface area contributed by atoms with Crippen molar-refractivity contribution in [2.75, 3.05) is 13.1 Å². The Bertz CT molecular complexity index is 931. The Labute approximate surface area is 137 Å². The fraction of sp³-hybridized carbons (Fsp3) is 0.235. The van der Waals surface area contributed by atoms with E-state index in [-0.39, 0.29) is 23.0 Å². The number of fused-ring (bicyclic) bond motifs is 1. The van der Waals surface area contributed by atoms with E-state index in [4.69, 9.17) is 0 Å². The summed E-state index contributed by atoms with van der Waals surface area (Å²) < 4.78 is 13.2. The van der Waals surface area contributed by atoms with Gasteiger partial charge >= 0.3 is 0 Å². The molecule has 0 aliphatic carbocycles. The van der Waals surface area contributed by atoms with Crippen LogP contribution in [0.5, 0.6) is 0 Å². The molecule has 7 heteroatoms. The first-order valence-electron chi connectivity index (χ1n) is 7.69. The molecule has 0 spiro atoms. The van der Waals surface area contributed by atoms with E-state index < -0.39 is 0 Å². The monoisotopic (exact) mass is 328 g/mol. The summed E-state index contributed by atoms with van der Waals surface area (Å²) in [4.78, 5) is 35.4. The van der Waals surface area contributed by atoms with Gasteiger partial charge in [0.1, 0.15) is 17.3 Å². The maximum atomic E-state index is 13.2. The summed E-state index contributed by atoms with van der Waals surface area (Å²) >= 11 is 0. The summed E-state index contributed by atoms with van der Waals surface area (Å²) in [5.41, 5.74) is 1.27. The van der Waals surface area contributed by atoms with E-state index in [1.165, 1.54) is 18.2 Å². The average Bonchev–Trinajstić information content (AvgIpc) is 2.97. The van der Waals surface area contributed by atoms with Crippen LogP contribution in [0.15, 0.2) is 41.2 Å². The Morgan fingerprint density at radius 2 is 2.08 bits per heavy atom. The predicted octanol–water partition coefficient (Wildman–Crippen LogP) is 2.10. The van der Waals surface area contributed by atoms with Crippen LogP contribution in [0.25, 0.3) is 11.0 Å². The third kappa shape index (κ3) is 3.34. The maximum absolute atomic E-state index is 13.2. The Balaban J connectivity index is 1.72. The van der Waals surface area contributed by atoms with Gasteiger partial charge in [0.15, 0.2) is 0 Å². The SMILES string of the molecule is CCN(CCc1nc2ccc(F)cc2[nH]1)C(=O)c1cccc(=O)[nH]1. The molecule has 1 amide bonds. The molecular formula is C17H17FN4O2. The number of carbonyl (C=O) groups is 1. The second-order valence-electron chi connectivity index (χ2n) is 5.41. The third-order valence-corrected chi connectivity index (χ3v) is 3.78. The number of likely N-dealkylation sites (N-methyl/N-ethyl adjacent to an activating group) is 1. The van der Waals surface area contributed by atoms with Crippen LogP contribution in [-0.2, 0) is 6.42 Å². The van der Waals surface area contributed by atoms with Gasteiger partial charge in [0.25, 0.3) is 5.91 Å².